The van der Waals surface area contributed by atoms with Gasteiger partial charge >= 0.3 is 0 Å². The van der Waals surface area contributed by atoms with Crippen LogP contribution in [0.4, 0.5) is 0 Å². The van der Waals surface area contributed by atoms with E-state index in [0.29, 0.717) is 13.2 Å². The van der Waals surface area contributed by atoms with E-state index in [1.807, 2.05) is 18.2 Å². The predicted octanol–water partition coefficient (Wildman–Crippen LogP) is 3.22. The van der Waals surface area contributed by atoms with Crippen LogP contribution in [0.3, 0.4) is 0 Å². The highest BCUT2D eigenvalue weighted by atomic mass is 16.5. The molecule has 21 heavy (non-hydrogen) atoms. The van der Waals surface area contributed by atoms with Gasteiger partial charge < -0.3 is 15.2 Å². The number of hydrogen-bond donors (Lipinski definition) is 1. The number of fused-ring (bicyclic) bond motifs is 1. The molecule has 0 heterocycles. The van der Waals surface area contributed by atoms with E-state index in [1.165, 1.54) is 36.0 Å². The van der Waals surface area contributed by atoms with Crippen LogP contribution in [-0.2, 0) is 26.0 Å². The van der Waals surface area contributed by atoms with Crippen molar-refractivity contribution in [3.63, 3.8) is 0 Å². The van der Waals surface area contributed by atoms with E-state index in [9.17, 15) is 0 Å². The molecule has 110 valence electrons. The summed E-state index contributed by atoms with van der Waals surface area (Å²) in [5, 5.41) is 0. The minimum absolute atomic E-state index is 0.501. The van der Waals surface area contributed by atoms with Crippen LogP contribution < -0.4 is 15.2 Å². The van der Waals surface area contributed by atoms with Crippen molar-refractivity contribution in [3.8, 4) is 11.5 Å². The summed E-state index contributed by atoms with van der Waals surface area (Å²) in [6.07, 6.45) is 3.68. The minimum atomic E-state index is 0.501. The number of ether oxygens (including phenoxy) is 2. The molecule has 0 atom stereocenters. The van der Waals surface area contributed by atoms with Crippen molar-refractivity contribution < 1.29 is 9.47 Å². The van der Waals surface area contributed by atoms with Crippen molar-refractivity contribution in [1.29, 1.82) is 0 Å². The van der Waals surface area contributed by atoms with Crippen LogP contribution in [0.1, 0.15) is 28.7 Å². The lowest BCUT2D eigenvalue weighted by Crippen LogP contribution is -2.01. The first-order valence-electron chi connectivity index (χ1n) is 7.40. The Balaban J connectivity index is 1.72. The third kappa shape index (κ3) is 3.03. The van der Waals surface area contributed by atoms with E-state index in [-0.39, 0.29) is 0 Å². The van der Waals surface area contributed by atoms with Gasteiger partial charge in [-0.2, -0.15) is 0 Å². The topological polar surface area (TPSA) is 44.5 Å². The molecule has 3 heteroatoms. The van der Waals surface area contributed by atoms with E-state index >= 15 is 0 Å². The Kier molecular flexibility index (Phi) is 4.11. The van der Waals surface area contributed by atoms with Crippen LogP contribution >= 0.6 is 0 Å². The van der Waals surface area contributed by atoms with Crippen LogP contribution in [0.15, 0.2) is 36.4 Å². The van der Waals surface area contributed by atoms with Gasteiger partial charge in [0.25, 0.3) is 0 Å². The number of rotatable bonds is 5. The Bertz CT molecular complexity index is 637. The monoisotopic (exact) mass is 283 g/mol. The molecule has 0 saturated heterocycles. The van der Waals surface area contributed by atoms with Gasteiger partial charge in [-0.15, -0.1) is 0 Å². The van der Waals surface area contributed by atoms with Gasteiger partial charge in [0.05, 0.1) is 7.11 Å². The molecular formula is C18H21NO2. The summed E-state index contributed by atoms with van der Waals surface area (Å²) in [4.78, 5) is 0. The Morgan fingerprint density at radius 2 is 1.76 bits per heavy atom. The average molecular weight is 283 g/mol. The Hall–Kier alpha value is -2.00. The fourth-order valence-electron chi connectivity index (χ4n) is 2.83. The van der Waals surface area contributed by atoms with Crippen LogP contribution in [0, 0.1) is 0 Å². The highest BCUT2D eigenvalue weighted by Gasteiger charge is 2.11. The lowest BCUT2D eigenvalue weighted by atomic mass is 10.1. The third-order valence-corrected chi connectivity index (χ3v) is 4.02. The van der Waals surface area contributed by atoms with Crippen molar-refractivity contribution in [2.75, 3.05) is 7.11 Å². The number of methoxy groups -OCH3 is 1. The van der Waals surface area contributed by atoms with Gasteiger partial charge in [-0.3, -0.25) is 0 Å². The second-order valence-electron chi connectivity index (χ2n) is 5.43. The van der Waals surface area contributed by atoms with E-state index < -0.39 is 0 Å². The number of benzene rings is 2. The first kappa shape index (κ1) is 14.0. The second kappa shape index (κ2) is 6.19. The summed E-state index contributed by atoms with van der Waals surface area (Å²) in [5.41, 5.74) is 10.9. The minimum Gasteiger partial charge on any atom is -0.493 e. The van der Waals surface area contributed by atoms with Crippen LogP contribution in [0.5, 0.6) is 11.5 Å². The normalized spacial score (nSPS) is 13.0. The molecule has 0 fully saturated rings. The molecule has 2 aromatic carbocycles. The van der Waals surface area contributed by atoms with E-state index in [0.717, 1.165) is 17.1 Å². The summed E-state index contributed by atoms with van der Waals surface area (Å²) in [6.45, 7) is 1.06. The fraction of sp³-hybridized carbons (Fsp3) is 0.333. The van der Waals surface area contributed by atoms with Gasteiger partial charge in [0.2, 0.25) is 0 Å². The Morgan fingerprint density at radius 1 is 0.952 bits per heavy atom. The standard InChI is InChI=1S/C18H21NO2/c1-20-18-10-13(11-19)6-8-17(18)21-12-14-5-7-15-3-2-4-16(15)9-14/h5-10H,2-4,11-12,19H2,1H3. The van der Waals surface area contributed by atoms with Crippen molar-refractivity contribution in [2.45, 2.75) is 32.4 Å². The molecule has 0 bridgehead atoms. The quantitative estimate of drug-likeness (QED) is 0.916. The molecule has 0 aliphatic heterocycles. The SMILES string of the molecule is COc1cc(CN)ccc1OCc1ccc2c(c1)CCC2. The Morgan fingerprint density at radius 3 is 2.57 bits per heavy atom. The zero-order chi connectivity index (χ0) is 14.7. The third-order valence-electron chi connectivity index (χ3n) is 4.02. The van der Waals surface area contributed by atoms with Crippen molar-refractivity contribution >= 4 is 0 Å². The molecule has 0 amide bonds. The van der Waals surface area contributed by atoms with E-state index in [1.54, 1.807) is 7.11 Å². The zero-order valence-corrected chi connectivity index (χ0v) is 12.4. The van der Waals surface area contributed by atoms with Crippen molar-refractivity contribution in [3.05, 3.63) is 58.7 Å². The Labute approximate surface area is 125 Å². The maximum atomic E-state index is 5.91. The van der Waals surface area contributed by atoms with Gasteiger partial charge in [-0.1, -0.05) is 24.3 Å². The summed E-state index contributed by atoms with van der Waals surface area (Å²) in [6, 6.07) is 12.5. The van der Waals surface area contributed by atoms with Crippen LogP contribution in [0.25, 0.3) is 0 Å². The molecule has 1 aliphatic rings. The van der Waals surface area contributed by atoms with Crippen LogP contribution in [0.2, 0.25) is 0 Å². The van der Waals surface area contributed by atoms with Gasteiger partial charge in [-0.05, 0) is 53.6 Å². The number of aryl methyl sites for hydroxylation is 2. The summed E-state index contributed by atoms with van der Waals surface area (Å²) < 4.78 is 11.3. The highest BCUT2D eigenvalue weighted by molar-refractivity contribution is 5.43. The van der Waals surface area contributed by atoms with Crippen molar-refractivity contribution in [2.24, 2.45) is 5.73 Å². The van der Waals surface area contributed by atoms with E-state index in [2.05, 4.69) is 18.2 Å². The average Bonchev–Trinajstić information content (AvgIpc) is 3.00. The first-order valence-corrected chi connectivity index (χ1v) is 7.40. The molecule has 0 unspecified atom stereocenters. The van der Waals surface area contributed by atoms with Gasteiger partial charge in [0.15, 0.2) is 11.5 Å². The van der Waals surface area contributed by atoms with Gasteiger partial charge in [-0.25, -0.2) is 0 Å². The molecule has 3 rings (SSSR count). The smallest absolute Gasteiger partial charge is 0.161 e. The molecular weight excluding hydrogens is 262 g/mol. The summed E-state index contributed by atoms with van der Waals surface area (Å²) in [7, 11) is 1.65. The molecule has 0 radical (unpaired) electrons. The summed E-state index contributed by atoms with van der Waals surface area (Å²) in [5.74, 6) is 1.49. The highest BCUT2D eigenvalue weighted by Crippen LogP contribution is 2.29. The van der Waals surface area contributed by atoms with Gasteiger partial charge in [0, 0.05) is 6.54 Å². The van der Waals surface area contributed by atoms with Crippen molar-refractivity contribution in [1.82, 2.24) is 0 Å². The number of hydrogen-bond acceptors (Lipinski definition) is 3. The van der Waals surface area contributed by atoms with Gasteiger partial charge in [0.1, 0.15) is 6.61 Å². The number of nitrogens with two attached hydrogens (primary N) is 1. The lowest BCUT2D eigenvalue weighted by Gasteiger charge is -2.12. The zero-order valence-electron chi connectivity index (χ0n) is 12.4. The molecule has 0 aromatic heterocycles. The van der Waals surface area contributed by atoms with Crippen LogP contribution in [-0.4, -0.2) is 7.11 Å². The van der Waals surface area contributed by atoms with E-state index in [4.69, 9.17) is 15.2 Å². The maximum Gasteiger partial charge on any atom is 0.161 e. The molecule has 1 aliphatic carbocycles. The molecule has 2 aromatic rings. The lowest BCUT2D eigenvalue weighted by molar-refractivity contribution is 0.284. The first-order chi connectivity index (χ1) is 10.3. The predicted molar refractivity (Wildman–Crippen MR) is 83.7 cm³/mol. The molecule has 0 saturated carbocycles. The maximum absolute atomic E-state index is 5.91. The summed E-state index contributed by atoms with van der Waals surface area (Å²) >= 11 is 0. The molecule has 0 spiro atoms. The fourth-order valence-corrected chi connectivity index (χ4v) is 2.83. The molecule has 3 nitrogen and oxygen atoms in total. The molecule has 2 N–H and O–H groups in total. The largest absolute Gasteiger partial charge is 0.493 e. The second-order valence-corrected chi connectivity index (χ2v) is 5.43.